The predicted octanol–water partition coefficient (Wildman–Crippen LogP) is 3.94. The lowest BCUT2D eigenvalue weighted by Gasteiger charge is -2.22. The molecule has 1 aromatic rings. The molecule has 1 N–H and O–H groups in total. The SMILES string of the molecule is CCNC(=NCCc1ccccc1OC)N1CC2CCCCC2C1.I. The number of nitrogens with zero attached hydrogens (tertiary/aromatic N) is 2. The van der Waals surface area contributed by atoms with Crippen LogP contribution in [0.25, 0.3) is 0 Å². The molecule has 3 rings (SSSR count). The molecule has 1 saturated carbocycles. The molecule has 5 heteroatoms. The van der Waals surface area contributed by atoms with Gasteiger partial charge < -0.3 is 15.0 Å². The van der Waals surface area contributed by atoms with E-state index in [1.165, 1.54) is 44.3 Å². The van der Waals surface area contributed by atoms with Gasteiger partial charge >= 0.3 is 0 Å². The van der Waals surface area contributed by atoms with Gasteiger partial charge in [-0.25, -0.2) is 0 Å². The second-order valence-electron chi connectivity index (χ2n) is 7.01. The molecule has 2 aliphatic rings. The van der Waals surface area contributed by atoms with E-state index in [2.05, 4.69) is 29.3 Å². The molecule has 25 heavy (non-hydrogen) atoms. The first-order valence-electron chi connectivity index (χ1n) is 9.47. The zero-order valence-corrected chi connectivity index (χ0v) is 17.9. The van der Waals surface area contributed by atoms with Gasteiger partial charge in [0.15, 0.2) is 5.96 Å². The molecule has 0 spiro atoms. The molecule has 0 radical (unpaired) electrons. The molecular weight excluding hydrogens is 425 g/mol. The smallest absolute Gasteiger partial charge is 0.193 e. The number of benzene rings is 1. The van der Waals surface area contributed by atoms with E-state index in [0.29, 0.717) is 0 Å². The van der Waals surface area contributed by atoms with Crippen molar-refractivity contribution in [2.45, 2.75) is 39.0 Å². The average Bonchev–Trinajstić information content (AvgIpc) is 3.05. The molecule has 0 bridgehead atoms. The van der Waals surface area contributed by atoms with Gasteiger partial charge in [0.1, 0.15) is 5.75 Å². The standard InChI is InChI=1S/C20H31N3O.HI/c1-3-21-20(23-14-17-9-4-5-10-18(17)15-23)22-13-12-16-8-6-7-11-19(16)24-2;/h6-8,11,17-18H,3-5,9-10,12-15H2,1-2H3,(H,21,22);1H. The Morgan fingerprint density at radius 2 is 1.88 bits per heavy atom. The van der Waals surface area contributed by atoms with Gasteiger partial charge in [0.05, 0.1) is 7.11 Å². The van der Waals surface area contributed by atoms with Crippen LogP contribution in [0.2, 0.25) is 0 Å². The number of halogens is 1. The number of hydrogen-bond donors (Lipinski definition) is 1. The first-order chi connectivity index (χ1) is 11.8. The summed E-state index contributed by atoms with van der Waals surface area (Å²) in [5, 5.41) is 3.49. The van der Waals surface area contributed by atoms with Crippen LogP contribution in [0.15, 0.2) is 29.3 Å². The van der Waals surface area contributed by atoms with Crippen LogP contribution in [-0.2, 0) is 6.42 Å². The van der Waals surface area contributed by atoms with Crippen molar-refractivity contribution in [1.82, 2.24) is 10.2 Å². The number of methoxy groups -OCH3 is 1. The fourth-order valence-corrected chi connectivity index (χ4v) is 4.20. The Balaban J connectivity index is 0.00000225. The van der Waals surface area contributed by atoms with E-state index >= 15 is 0 Å². The Kier molecular flexibility index (Phi) is 8.33. The van der Waals surface area contributed by atoms with Crippen LogP contribution in [0.4, 0.5) is 0 Å². The summed E-state index contributed by atoms with van der Waals surface area (Å²) in [5.41, 5.74) is 1.23. The molecule has 0 aromatic heterocycles. The van der Waals surface area contributed by atoms with Crippen LogP contribution in [0.1, 0.15) is 38.2 Å². The fourth-order valence-electron chi connectivity index (χ4n) is 4.20. The molecular formula is C20H32IN3O. The summed E-state index contributed by atoms with van der Waals surface area (Å²) >= 11 is 0. The van der Waals surface area contributed by atoms with Crippen molar-refractivity contribution in [3.05, 3.63) is 29.8 Å². The normalized spacial score (nSPS) is 23.0. The van der Waals surface area contributed by atoms with Crippen LogP contribution >= 0.6 is 24.0 Å². The minimum absolute atomic E-state index is 0. The van der Waals surface area contributed by atoms with Gasteiger partial charge in [0.25, 0.3) is 0 Å². The van der Waals surface area contributed by atoms with E-state index in [9.17, 15) is 0 Å². The number of nitrogens with one attached hydrogen (secondary N) is 1. The van der Waals surface area contributed by atoms with Crippen LogP contribution in [0, 0.1) is 11.8 Å². The van der Waals surface area contributed by atoms with Crippen LogP contribution < -0.4 is 10.1 Å². The van der Waals surface area contributed by atoms with E-state index in [4.69, 9.17) is 9.73 Å². The number of guanidine groups is 1. The quantitative estimate of drug-likeness (QED) is 0.414. The maximum Gasteiger partial charge on any atom is 0.193 e. The van der Waals surface area contributed by atoms with Gasteiger partial charge in [0.2, 0.25) is 0 Å². The van der Waals surface area contributed by atoms with E-state index in [-0.39, 0.29) is 24.0 Å². The predicted molar refractivity (Wildman–Crippen MR) is 115 cm³/mol. The Morgan fingerprint density at radius 3 is 2.52 bits per heavy atom. The molecule has 2 fully saturated rings. The lowest BCUT2D eigenvalue weighted by molar-refractivity contribution is 0.299. The topological polar surface area (TPSA) is 36.9 Å². The molecule has 0 amide bonds. The summed E-state index contributed by atoms with van der Waals surface area (Å²) in [6.45, 7) is 6.25. The first-order valence-corrected chi connectivity index (χ1v) is 9.47. The van der Waals surface area contributed by atoms with Crippen molar-refractivity contribution in [1.29, 1.82) is 0 Å². The molecule has 2 unspecified atom stereocenters. The van der Waals surface area contributed by atoms with Gasteiger partial charge in [-0.1, -0.05) is 31.0 Å². The number of aliphatic imine (C=N–C) groups is 1. The molecule has 4 nitrogen and oxygen atoms in total. The third-order valence-electron chi connectivity index (χ3n) is 5.45. The summed E-state index contributed by atoms with van der Waals surface area (Å²) in [7, 11) is 1.73. The summed E-state index contributed by atoms with van der Waals surface area (Å²) in [5.74, 6) is 3.83. The van der Waals surface area contributed by atoms with E-state index in [0.717, 1.165) is 43.1 Å². The third kappa shape index (κ3) is 5.25. The van der Waals surface area contributed by atoms with Crippen LogP contribution in [0.3, 0.4) is 0 Å². The number of para-hydroxylation sites is 1. The lowest BCUT2D eigenvalue weighted by atomic mass is 9.82. The second kappa shape index (κ2) is 10.2. The molecule has 140 valence electrons. The average molecular weight is 457 g/mol. The molecule has 1 aliphatic heterocycles. The van der Waals surface area contributed by atoms with Crippen molar-refractivity contribution in [3.8, 4) is 5.75 Å². The van der Waals surface area contributed by atoms with Crippen LogP contribution in [-0.4, -0.2) is 44.1 Å². The van der Waals surface area contributed by atoms with E-state index < -0.39 is 0 Å². The highest BCUT2D eigenvalue weighted by Gasteiger charge is 2.35. The van der Waals surface area contributed by atoms with E-state index in [1.54, 1.807) is 7.11 Å². The zero-order chi connectivity index (χ0) is 16.8. The highest BCUT2D eigenvalue weighted by atomic mass is 127. The van der Waals surface area contributed by atoms with Crippen molar-refractivity contribution in [2.24, 2.45) is 16.8 Å². The molecule has 1 aliphatic carbocycles. The highest BCUT2D eigenvalue weighted by Crippen LogP contribution is 2.35. The summed E-state index contributed by atoms with van der Waals surface area (Å²) < 4.78 is 5.44. The number of hydrogen-bond acceptors (Lipinski definition) is 2. The minimum atomic E-state index is 0. The maximum absolute atomic E-state index is 5.44. The van der Waals surface area contributed by atoms with Crippen molar-refractivity contribution >= 4 is 29.9 Å². The molecule has 1 aromatic carbocycles. The second-order valence-corrected chi connectivity index (χ2v) is 7.01. The Bertz CT molecular complexity index is 550. The van der Waals surface area contributed by atoms with Crippen LogP contribution in [0.5, 0.6) is 5.75 Å². The molecule has 2 atom stereocenters. The number of fused-ring (bicyclic) bond motifs is 1. The van der Waals surface area contributed by atoms with Crippen molar-refractivity contribution in [3.63, 3.8) is 0 Å². The van der Waals surface area contributed by atoms with Crippen molar-refractivity contribution < 1.29 is 4.74 Å². The summed E-state index contributed by atoms with van der Waals surface area (Å²) in [6.07, 6.45) is 6.55. The molecule has 1 heterocycles. The van der Waals surface area contributed by atoms with Crippen molar-refractivity contribution in [2.75, 3.05) is 33.3 Å². The third-order valence-corrected chi connectivity index (χ3v) is 5.45. The van der Waals surface area contributed by atoms with Gasteiger partial charge in [-0.05, 0) is 49.7 Å². The first kappa shape index (κ1) is 20.3. The van der Waals surface area contributed by atoms with Gasteiger partial charge in [-0.3, -0.25) is 4.99 Å². The number of ether oxygens (including phenoxy) is 1. The monoisotopic (exact) mass is 457 g/mol. The Hall–Kier alpha value is -0.980. The summed E-state index contributed by atoms with van der Waals surface area (Å²) in [4.78, 5) is 7.39. The van der Waals surface area contributed by atoms with Gasteiger partial charge in [-0.2, -0.15) is 0 Å². The molecule has 1 saturated heterocycles. The summed E-state index contributed by atoms with van der Waals surface area (Å²) in [6, 6.07) is 8.24. The van der Waals surface area contributed by atoms with E-state index in [1.807, 2.05) is 12.1 Å². The number of rotatable bonds is 5. The largest absolute Gasteiger partial charge is 0.496 e. The Labute approximate surface area is 169 Å². The van der Waals surface area contributed by atoms with Gasteiger partial charge in [0, 0.05) is 26.2 Å². The Morgan fingerprint density at radius 1 is 1.20 bits per heavy atom. The lowest BCUT2D eigenvalue weighted by Crippen LogP contribution is -2.40. The fraction of sp³-hybridized carbons (Fsp3) is 0.650. The maximum atomic E-state index is 5.44. The zero-order valence-electron chi connectivity index (χ0n) is 15.5. The van der Waals surface area contributed by atoms with Gasteiger partial charge in [-0.15, -0.1) is 24.0 Å². The number of likely N-dealkylation sites (tertiary alicyclic amines) is 1. The minimum Gasteiger partial charge on any atom is -0.496 e. The highest BCUT2D eigenvalue weighted by molar-refractivity contribution is 14.0.